The second-order valence-electron chi connectivity index (χ2n) is 8.45. The molecule has 2 atom stereocenters. The van der Waals surface area contributed by atoms with E-state index in [2.05, 4.69) is 15.4 Å². The van der Waals surface area contributed by atoms with E-state index in [-0.39, 0.29) is 16.7 Å². The normalized spacial score (nSPS) is 18.2. The van der Waals surface area contributed by atoms with E-state index in [0.29, 0.717) is 48.3 Å². The maximum atomic E-state index is 13.1. The van der Waals surface area contributed by atoms with Crippen LogP contribution in [0.3, 0.4) is 0 Å². The highest BCUT2D eigenvalue weighted by atomic mass is 32.2. The number of rotatable bonds is 6. The molecule has 2 aliphatic rings. The van der Waals surface area contributed by atoms with Crippen LogP contribution < -0.4 is 29.6 Å². The first-order valence-corrected chi connectivity index (χ1v) is 12.5. The van der Waals surface area contributed by atoms with Crippen molar-refractivity contribution >= 4 is 33.2 Å². The highest BCUT2D eigenvalue weighted by molar-refractivity contribution is 7.89. The molecule has 2 amide bonds. The number of nitrogens with one attached hydrogen (secondary N) is 3. The van der Waals surface area contributed by atoms with Crippen LogP contribution in [-0.4, -0.2) is 45.6 Å². The van der Waals surface area contributed by atoms with E-state index in [9.17, 15) is 18.0 Å². The van der Waals surface area contributed by atoms with Gasteiger partial charge in [-0.15, -0.1) is 0 Å². The summed E-state index contributed by atoms with van der Waals surface area (Å²) in [7, 11) is -4.04. The Morgan fingerprint density at radius 3 is 2.50 bits per heavy atom. The van der Waals surface area contributed by atoms with Crippen molar-refractivity contribution in [1.29, 1.82) is 0 Å². The summed E-state index contributed by atoms with van der Waals surface area (Å²) in [5.41, 5.74) is 0.817. The van der Waals surface area contributed by atoms with Gasteiger partial charge >= 0.3 is 0 Å². The smallest absolute Gasteiger partial charge is 0.265 e. The second-order valence-corrected chi connectivity index (χ2v) is 10.2. The van der Waals surface area contributed by atoms with Gasteiger partial charge in [0.25, 0.3) is 5.91 Å². The van der Waals surface area contributed by atoms with Crippen LogP contribution in [-0.2, 0) is 19.6 Å². The van der Waals surface area contributed by atoms with Crippen LogP contribution in [0.15, 0.2) is 41.3 Å². The van der Waals surface area contributed by atoms with Crippen LogP contribution in [0, 0.1) is 5.92 Å². The van der Waals surface area contributed by atoms with Gasteiger partial charge in [0.1, 0.15) is 11.8 Å². The molecule has 2 heterocycles. The minimum Gasteiger partial charge on any atom is -0.490 e. The number of carbonyl (C=O) groups is 2. The van der Waals surface area contributed by atoms with Crippen LogP contribution in [0.1, 0.15) is 27.2 Å². The first-order valence-electron chi connectivity index (χ1n) is 11.0. The van der Waals surface area contributed by atoms with Crippen molar-refractivity contribution in [3.05, 3.63) is 36.4 Å². The number of amides is 2. The summed E-state index contributed by atoms with van der Waals surface area (Å²) in [5.74, 6) is 0.131. The number of benzene rings is 2. The molecule has 0 aliphatic carbocycles. The summed E-state index contributed by atoms with van der Waals surface area (Å²) in [4.78, 5) is 24.9. The highest BCUT2D eigenvalue weighted by Crippen LogP contribution is 2.33. The van der Waals surface area contributed by atoms with E-state index in [1.807, 2.05) is 0 Å². The SMILES string of the molecule is CC1Oc2ccc(NC(=O)C(NS(=O)(=O)c3ccc4c(c3)OCCCO4)C(C)C)cc2NC1=O. The van der Waals surface area contributed by atoms with Gasteiger partial charge in [-0.1, -0.05) is 13.8 Å². The monoisotopic (exact) mass is 489 g/mol. The molecule has 0 spiro atoms. The lowest BCUT2D eigenvalue weighted by atomic mass is 10.0. The second kappa shape index (κ2) is 9.51. The Kier molecular flexibility index (Phi) is 6.67. The van der Waals surface area contributed by atoms with Gasteiger partial charge in [0.2, 0.25) is 15.9 Å². The quantitative estimate of drug-likeness (QED) is 0.568. The summed E-state index contributed by atoms with van der Waals surface area (Å²) < 4.78 is 45.3. The lowest BCUT2D eigenvalue weighted by Gasteiger charge is -2.25. The summed E-state index contributed by atoms with van der Waals surface area (Å²) in [6.45, 7) is 6.03. The number of fused-ring (bicyclic) bond motifs is 2. The molecule has 2 aromatic rings. The molecule has 0 aromatic heterocycles. The number of sulfonamides is 1. The third kappa shape index (κ3) is 5.10. The fourth-order valence-electron chi connectivity index (χ4n) is 3.54. The largest absolute Gasteiger partial charge is 0.490 e. The Hall–Kier alpha value is -3.31. The van der Waals surface area contributed by atoms with Crippen molar-refractivity contribution in [2.24, 2.45) is 5.92 Å². The average Bonchev–Trinajstić information content (AvgIpc) is 3.03. The summed E-state index contributed by atoms with van der Waals surface area (Å²) in [6.07, 6.45) is 0.0832. The minimum absolute atomic E-state index is 0.0297. The Morgan fingerprint density at radius 2 is 1.76 bits per heavy atom. The highest BCUT2D eigenvalue weighted by Gasteiger charge is 2.30. The minimum atomic E-state index is -4.04. The number of ether oxygens (including phenoxy) is 3. The average molecular weight is 490 g/mol. The molecule has 0 radical (unpaired) electrons. The van der Waals surface area contributed by atoms with Crippen LogP contribution in [0.2, 0.25) is 0 Å². The van der Waals surface area contributed by atoms with E-state index in [4.69, 9.17) is 14.2 Å². The molecule has 0 saturated carbocycles. The molecule has 182 valence electrons. The zero-order chi connectivity index (χ0) is 24.5. The van der Waals surface area contributed by atoms with E-state index >= 15 is 0 Å². The van der Waals surface area contributed by atoms with Crippen molar-refractivity contribution in [2.45, 2.75) is 44.2 Å². The van der Waals surface area contributed by atoms with Gasteiger partial charge in [-0.3, -0.25) is 9.59 Å². The van der Waals surface area contributed by atoms with Crippen molar-refractivity contribution < 1.29 is 32.2 Å². The molecule has 3 N–H and O–H groups in total. The van der Waals surface area contributed by atoms with Gasteiger partial charge in [-0.2, -0.15) is 4.72 Å². The molecule has 2 aliphatic heterocycles. The maximum Gasteiger partial charge on any atom is 0.265 e. The molecule has 0 saturated heterocycles. The molecule has 2 aromatic carbocycles. The molecule has 2 unspecified atom stereocenters. The van der Waals surface area contributed by atoms with Crippen LogP contribution in [0.25, 0.3) is 0 Å². The molecular weight excluding hydrogens is 462 g/mol. The van der Waals surface area contributed by atoms with Gasteiger partial charge in [0, 0.05) is 18.2 Å². The van der Waals surface area contributed by atoms with Gasteiger partial charge in [0.05, 0.1) is 23.8 Å². The first-order chi connectivity index (χ1) is 16.1. The Balaban J connectivity index is 1.51. The Morgan fingerprint density at radius 1 is 1.06 bits per heavy atom. The van der Waals surface area contributed by atoms with E-state index in [1.165, 1.54) is 12.1 Å². The van der Waals surface area contributed by atoms with E-state index in [0.717, 1.165) is 0 Å². The topological polar surface area (TPSA) is 132 Å². The van der Waals surface area contributed by atoms with Crippen molar-refractivity contribution in [2.75, 3.05) is 23.8 Å². The van der Waals surface area contributed by atoms with Crippen LogP contribution in [0.5, 0.6) is 17.2 Å². The predicted octanol–water partition coefficient (Wildman–Crippen LogP) is 2.51. The van der Waals surface area contributed by atoms with Crippen molar-refractivity contribution in [1.82, 2.24) is 4.72 Å². The standard InChI is InChI=1S/C23H27N3O7S/c1-13(2)21(23(28)24-15-5-7-18-17(11-15)25-22(27)14(3)33-18)26-34(29,30)16-6-8-19-20(12-16)32-10-4-9-31-19/h5-8,11-14,21,26H,4,9-10H2,1-3H3,(H,24,28)(H,25,27). The lowest BCUT2D eigenvalue weighted by Crippen LogP contribution is -2.47. The fraction of sp³-hybridized carbons (Fsp3) is 0.391. The maximum absolute atomic E-state index is 13.1. The lowest BCUT2D eigenvalue weighted by molar-refractivity contribution is -0.122. The number of hydrogen-bond acceptors (Lipinski definition) is 7. The molecule has 34 heavy (non-hydrogen) atoms. The van der Waals surface area contributed by atoms with Gasteiger partial charge < -0.3 is 24.8 Å². The number of anilines is 2. The van der Waals surface area contributed by atoms with Crippen LogP contribution in [0.4, 0.5) is 11.4 Å². The molecule has 10 nitrogen and oxygen atoms in total. The zero-order valence-electron chi connectivity index (χ0n) is 19.1. The molecule has 4 rings (SSSR count). The van der Waals surface area contributed by atoms with Gasteiger partial charge in [-0.25, -0.2) is 8.42 Å². The van der Waals surface area contributed by atoms with Crippen molar-refractivity contribution in [3.8, 4) is 17.2 Å². The van der Waals surface area contributed by atoms with Crippen LogP contribution >= 0.6 is 0 Å². The summed E-state index contributed by atoms with van der Waals surface area (Å²) in [6, 6.07) is 8.12. The molecular formula is C23H27N3O7S. The molecule has 11 heteroatoms. The summed E-state index contributed by atoms with van der Waals surface area (Å²) >= 11 is 0. The Bertz CT molecular complexity index is 1210. The third-order valence-corrected chi connectivity index (χ3v) is 6.88. The van der Waals surface area contributed by atoms with E-state index < -0.39 is 28.1 Å². The predicted molar refractivity (Wildman–Crippen MR) is 125 cm³/mol. The third-order valence-electron chi connectivity index (χ3n) is 5.44. The number of hydrogen-bond donors (Lipinski definition) is 3. The van der Waals surface area contributed by atoms with Crippen molar-refractivity contribution in [3.63, 3.8) is 0 Å². The number of carbonyl (C=O) groups excluding carboxylic acids is 2. The van der Waals surface area contributed by atoms with E-state index in [1.54, 1.807) is 45.0 Å². The fourth-order valence-corrected chi connectivity index (χ4v) is 4.90. The van der Waals surface area contributed by atoms with Gasteiger partial charge in [-0.05, 0) is 43.2 Å². The molecule has 0 fully saturated rings. The first kappa shape index (κ1) is 23.8. The Labute approximate surface area is 198 Å². The zero-order valence-corrected chi connectivity index (χ0v) is 19.9. The van der Waals surface area contributed by atoms with Gasteiger partial charge in [0.15, 0.2) is 17.6 Å². The summed E-state index contributed by atoms with van der Waals surface area (Å²) in [5, 5.41) is 5.43. The molecule has 0 bridgehead atoms.